The van der Waals surface area contributed by atoms with Crippen molar-refractivity contribution in [3.05, 3.63) is 46.2 Å². The van der Waals surface area contributed by atoms with Crippen LogP contribution in [0.4, 0.5) is 0 Å². The largest absolute Gasteiger partial charge is 0.493 e. The van der Waals surface area contributed by atoms with E-state index >= 15 is 0 Å². The number of nitrogens with two attached hydrogens (primary N) is 1. The van der Waals surface area contributed by atoms with Crippen LogP contribution in [0.2, 0.25) is 0 Å². The normalized spacial score (nSPS) is 10.6. The molecule has 0 radical (unpaired) electrons. The number of ether oxygens (including phenoxy) is 3. The number of benzene rings is 1. The van der Waals surface area contributed by atoms with Crippen LogP contribution in [0.1, 0.15) is 10.4 Å². The molecule has 114 valence electrons. The van der Waals surface area contributed by atoms with Crippen molar-refractivity contribution in [1.29, 1.82) is 0 Å². The average molecular weight is 308 g/mol. The van der Waals surface area contributed by atoms with Crippen LogP contribution in [0.25, 0.3) is 0 Å². The molecule has 0 saturated heterocycles. The van der Waals surface area contributed by atoms with E-state index in [9.17, 15) is 0 Å². The van der Waals surface area contributed by atoms with Crippen LogP contribution in [-0.2, 0) is 17.9 Å². The van der Waals surface area contributed by atoms with Crippen molar-refractivity contribution < 1.29 is 19.5 Å². The summed E-state index contributed by atoms with van der Waals surface area (Å²) in [4.78, 5) is 1.20. The van der Waals surface area contributed by atoms with Gasteiger partial charge in [-0.15, -0.1) is 11.3 Å². The van der Waals surface area contributed by atoms with Crippen LogP contribution in [0.15, 0.2) is 35.7 Å². The Labute approximate surface area is 129 Å². The van der Waals surface area contributed by atoms with Crippen LogP contribution >= 0.6 is 11.3 Å². The molecule has 2 N–H and O–H groups in total. The highest BCUT2D eigenvalue weighted by Crippen LogP contribution is 2.29. The predicted octanol–water partition coefficient (Wildman–Crippen LogP) is 2.05. The van der Waals surface area contributed by atoms with E-state index in [0.717, 1.165) is 31.2 Å². The molecule has 0 fully saturated rings. The average Bonchev–Trinajstić information content (AvgIpc) is 3.03. The molecule has 2 aromatic rings. The van der Waals surface area contributed by atoms with Crippen LogP contribution in [-0.4, -0.2) is 27.4 Å². The lowest BCUT2D eigenvalue weighted by Crippen LogP contribution is -2.83. The number of hydrogen-bond acceptors (Lipinski definition) is 4. The molecule has 0 aliphatic carbocycles. The van der Waals surface area contributed by atoms with Crippen molar-refractivity contribution in [2.75, 3.05) is 27.4 Å². The Morgan fingerprint density at radius 1 is 1.14 bits per heavy atom. The molecule has 2 rings (SSSR count). The summed E-state index contributed by atoms with van der Waals surface area (Å²) >= 11 is 1.69. The quantitative estimate of drug-likeness (QED) is 0.721. The first-order chi connectivity index (χ1) is 10.3. The predicted molar refractivity (Wildman–Crippen MR) is 84.0 cm³/mol. The maximum Gasteiger partial charge on any atom is 0.161 e. The highest BCUT2D eigenvalue weighted by molar-refractivity contribution is 7.09. The highest BCUT2D eigenvalue weighted by atomic mass is 32.1. The minimum absolute atomic E-state index is 0.577. The van der Waals surface area contributed by atoms with Gasteiger partial charge in [-0.2, -0.15) is 0 Å². The van der Waals surface area contributed by atoms with Crippen LogP contribution in [0.5, 0.6) is 11.5 Å². The Balaban J connectivity index is 1.92. The maximum absolute atomic E-state index is 5.83. The SMILES string of the molecule is COCC[NH2+]Cc1ccc(OCc2cccs2)c(OC)c1. The van der Waals surface area contributed by atoms with Crippen LogP contribution < -0.4 is 14.8 Å². The Morgan fingerprint density at radius 2 is 2.05 bits per heavy atom. The Morgan fingerprint density at radius 3 is 2.76 bits per heavy atom. The Bertz CT molecular complexity index is 528. The summed E-state index contributed by atoms with van der Waals surface area (Å²) in [6.07, 6.45) is 0. The molecule has 5 heteroatoms. The van der Waals surface area contributed by atoms with Gasteiger partial charge >= 0.3 is 0 Å². The molecule has 1 aromatic carbocycles. The number of methoxy groups -OCH3 is 2. The van der Waals surface area contributed by atoms with Gasteiger partial charge in [-0.1, -0.05) is 6.07 Å². The summed E-state index contributed by atoms with van der Waals surface area (Å²) in [7, 11) is 3.39. The van der Waals surface area contributed by atoms with Gasteiger partial charge in [-0.3, -0.25) is 0 Å². The Kier molecular flexibility index (Phi) is 6.53. The van der Waals surface area contributed by atoms with E-state index < -0.39 is 0 Å². The van der Waals surface area contributed by atoms with Crippen molar-refractivity contribution >= 4 is 11.3 Å². The monoisotopic (exact) mass is 308 g/mol. The molecule has 0 amide bonds. The number of thiophene rings is 1. The fourth-order valence-corrected chi connectivity index (χ4v) is 2.59. The summed E-state index contributed by atoms with van der Waals surface area (Å²) in [5.41, 5.74) is 1.21. The lowest BCUT2D eigenvalue weighted by atomic mass is 10.2. The number of rotatable bonds is 9. The molecule has 0 aliphatic heterocycles. The minimum Gasteiger partial charge on any atom is -0.493 e. The van der Waals surface area contributed by atoms with Gasteiger partial charge in [-0.05, 0) is 29.6 Å². The molecule has 0 aliphatic rings. The molecule has 4 nitrogen and oxygen atoms in total. The first-order valence-electron chi connectivity index (χ1n) is 6.96. The van der Waals surface area contributed by atoms with Gasteiger partial charge in [0, 0.05) is 17.6 Å². The first kappa shape index (κ1) is 15.8. The van der Waals surface area contributed by atoms with Gasteiger partial charge in [0.1, 0.15) is 13.2 Å². The van der Waals surface area contributed by atoms with Crippen molar-refractivity contribution in [3.63, 3.8) is 0 Å². The van der Waals surface area contributed by atoms with Crippen LogP contribution in [0.3, 0.4) is 0 Å². The molecule has 0 unspecified atom stereocenters. The molecule has 0 spiro atoms. The summed E-state index contributed by atoms with van der Waals surface area (Å²) in [5, 5.41) is 4.26. The molecular weight excluding hydrogens is 286 g/mol. The van der Waals surface area contributed by atoms with Crippen LogP contribution in [0, 0.1) is 0 Å². The molecule has 0 atom stereocenters. The lowest BCUT2D eigenvalue weighted by molar-refractivity contribution is -0.671. The topological polar surface area (TPSA) is 44.3 Å². The summed E-state index contributed by atoms with van der Waals surface area (Å²) < 4.78 is 16.3. The Hall–Kier alpha value is -1.56. The second-order valence-corrected chi connectivity index (χ2v) is 5.66. The van der Waals surface area contributed by atoms with E-state index in [0.29, 0.717) is 6.61 Å². The maximum atomic E-state index is 5.83. The number of hydrogen-bond donors (Lipinski definition) is 1. The van der Waals surface area contributed by atoms with Crippen molar-refractivity contribution in [2.45, 2.75) is 13.2 Å². The zero-order chi connectivity index (χ0) is 14.9. The third-order valence-electron chi connectivity index (χ3n) is 3.08. The van der Waals surface area contributed by atoms with Gasteiger partial charge in [0.05, 0.1) is 20.3 Å². The molecule has 21 heavy (non-hydrogen) atoms. The number of quaternary nitrogens is 1. The zero-order valence-electron chi connectivity index (χ0n) is 12.5. The smallest absolute Gasteiger partial charge is 0.161 e. The van der Waals surface area contributed by atoms with E-state index in [1.54, 1.807) is 25.6 Å². The van der Waals surface area contributed by atoms with Gasteiger partial charge in [0.15, 0.2) is 11.5 Å². The van der Waals surface area contributed by atoms with Gasteiger partial charge < -0.3 is 19.5 Å². The van der Waals surface area contributed by atoms with E-state index in [-0.39, 0.29) is 0 Å². The van der Waals surface area contributed by atoms with Gasteiger partial charge in [-0.25, -0.2) is 0 Å². The van der Waals surface area contributed by atoms with E-state index in [1.165, 1.54) is 10.4 Å². The second-order valence-electron chi connectivity index (χ2n) is 4.63. The molecule has 0 saturated carbocycles. The van der Waals surface area contributed by atoms with Crippen molar-refractivity contribution in [3.8, 4) is 11.5 Å². The zero-order valence-corrected chi connectivity index (χ0v) is 13.3. The standard InChI is InChI=1S/C16H21NO3S/c1-18-8-7-17-11-13-5-6-15(16(10-13)19-2)20-12-14-4-3-9-21-14/h3-6,9-10,17H,7-8,11-12H2,1-2H3/p+1. The molecular formula is C16H22NO3S+. The second kappa shape index (κ2) is 8.67. The minimum atomic E-state index is 0.577. The lowest BCUT2D eigenvalue weighted by Gasteiger charge is -2.11. The summed E-state index contributed by atoms with van der Waals surface area (Å²) in [6, 6.07) is 10.2. The van der Waals surface area contributed by atoms with Gasteiger partial charge in [0.25, 0.3) is 0 Å². The van der Waals surface area contributed by atoms with Crippen molar-refractivity contribution in [1.82, 2.24) is 0 Å². The fourth-order valence-electron chi connectivity index (χ4n) is 1.97. The highest BCUT2D eigenvalue weighted by Gasteiger charge is 2.07. The molecule has 1 heterocycles. The summed E-state index contributed by atoms with van der Waals surface area (Å²) in [6.45, 7) is 3.20. The van der Waals surface area contributed by atoms with E-state index in [2.05, 4.69) is 22.8 Å². The molecule has 1 aromatic heterocycles. The first-order valence-corrected chi connectivity index (χ1v) is 7.84. The summed E-state index contributed by atoms with van der Waals surface area (Å²) in [5.74, 6) is 1.57. The van der Waals surface area contributed by atoms with Crippen molar-refractivity contribution in [2.24, 2.45) is 0 Å². The third kappa shape index (κ3) is 5.04. The van der Waals surface area contributed by atoms with Gasteiger partial charge in [0.2, 0.25) is 0 Å². The fraction of sp³-hybridized carbons (Fsp3) is 0.375. The van der Waals surface area contributed by atoms with E-state index in [1.807, 2.05) is 18.2 Å². The molecule has 0 bridgehead atoms. The van der Waals surface area contributed by atoms with E-state index in [4.69, 9.17) is 14.2 Å². The third-order valence-corrected chi connectivity index (χ3v) is 3.93.